The molecular weight excluding hydrogens is 404 g/mol. The van der Waals surface area contributed by atoms with Crippen LogP contribution in [0.1, 0.15) is 58.3 Å². The fraction of sp³-hybridized carbons (Fsp3) is 0.739. The third-order valence-electron chi connectivity index (χ3n) is 8.13. The Kier molecular flexibility index (Phi) is 7.01. The van der Waals surface area contributed by atoms with Gasteiger partial charge in [0, 0.05) is 23.7 Å². The van der Waals surface area contributed by atoms with E-state index in [0.717, 1.165) is 44.9 Å². The summed E-state index contributed by atoms with van der Waals surface area (Å²) in [7, 11) is 0. The molecule has 8 heteroatoms. The zero-order chi connectivity index (χ0) is 22.8. The lowest BCUT2D eigenvalue weighted by molar-refractivity contribution is -0.148. The Labute approximate surface area is 181 Å². The van der Waals surface area contributed by atoms with E-state index in [4.69, 9.17) is 10.2 Å². The van der Waals surface area contributed by atoms with Gasteiger partial charge in [0.15, 0.2) is 5.78 Å². The summed E-state index contributed by atoms with van der Waals surface area (Å²) >= 11 is 0. The lowest BCUT2D eigenvalue weighted by atomic mass is 9.47. The molecule has 0 aliphatic heterocycles. The van der Waals surface area contributed by atoms with Crippen molar-refractivity contribution in [1.29, 1.82) is 0 Å². The van der Waals surface area contributed by atoms with E-state index >= 15 is 0 Å². The number of ketones is 2. The topological polar surface area (TPSA) is 138 Å². The molecule has 4 aliphatic rings. The Bertz CT molecular complexity index is 772. The van der Waals surface area contributed by atoms with Gasteiger partial charge in [0.2, 0.25) is 0 Å². The van der Waals surface area contributed by atoms with Gasteiger partial charge in [-0.2, -0.15) is 0 Å². The van der Waals surface area contributed by atoms with E-state index in [0.29, 0.717) is 30.0 Å². The van der Waals surface area contributed by atoms with Crippen LogP contribution in [0.5, 0.6) is 0 Å². The maximum Gasteiger partial charge on any atom is 0.329 e. The number of carbonyl (C=O) groups is 4. The number of aliphatic hydroxyl groups excluding tert-OH is 1. The van der Waals surface area contributed by atoms with Crippen LogP contribution in [0.25, 0.3) is 0 Å². The number of rotatable bonds is 5. The van der Waals surface area contributed by atoms with Gasteiger partial charge >= 0.3 is 11.9 Å². The second-order valence-electron chi connectivity index (χ2n) is 9.56. The lowest BCUT2D eigenvalue weighted by Crippen LogP contribution is -2.53. The number of carbonyl (C=O) groups excluding carboxylic acids is 2. The van der Waals surface area contributed by atoms with Crippen LogP contribution in [0.3, 0.4) is 0 Å². The van der Waals surface area contributed by atoms with Crippen molar-refractivity contribution in [3.8, 4) is 0 Å². The van der Waals surface area contributed by atoms with Gasteiger partial charge in [-0.25, -0.2) is 9.59 Å². The number of hydrogen-bond acceptors (Lipinski definition) is 6. The van der Waals surface area contributed by atoms with Crippen molar-refractivity contribution in [2.45, 2.75) is 58.3 Å². The summed E-state index contributed by atoms with van der Waals surface area (Å²) in [6, 6.07) is 0. The monoisotopic (exact) mass is 436 g/mol. The minimum Gasteiger partial charge on any atom is -0.480 e. The summed E-state index contributed by atoms with van der Waals surface area (Å²) in [6.45, 7) is 1.23. The van der Waals surface area contributed by atoms with Crippen molar-refractivity contribution in [3.05, 3.63) is 11.6 Å². The molecule has 4 aliphatic carbocycles. The molecule has 3 saturated carbocycles. The van der Waals surface area contributed by atoms with Crippen molar-refractivity contribution in [1.82, 2.24) is 0 Å². The predicted octanol–water partition coefficient (Wildman–Crippen LogP) is 2.23. The first-order valence-electron chi connectivity index (χ1n) is 11.0. The van der Waals surface area contributed by atoms with E-state index in [-0.39, 0.29) is 23.2 Å². The van der Waals surface area contributed by atoms with Gasteiger partial charge in [0.05, 0.1) is 6.61 Å². The minimum absolute atomic E-state index is 0.108. The van der Waals surface area contributed by atoms with E-state index in [2.05, 4.69) is 11.7 Å². The molecule has 0 aromatic heterocycles. The Balaban J connectivity index is 0.000000259. The summed E-state index contributed by atoms with van der Waals surface area (Å²) in [5, 5.41) is 26.1. The van der Waals surface area contributed by atoms with Gasteiger partial charge in [0.1, 0.15) is 19.0 Å². The molecule has 0 aromatic rings. The van der Waals surface area contributed by atoms with E-state index in [1.54, 1.807) is 0 Å². The Morgan fingerprint density at radius 2 is 1.68 bits per heavy atom. The van der Waals surface area contributed by atoms with Crippen LogP contribution in [0.15, 0.2) is 11.6 Å². The normalized spacial score (nSPS) is 36.3. The second kappa shape index (κ2) is 9.20. The maximum absolute atomic E-state index is 12.4. The van der Waals surface area contributed by atoms with E-state index in [1.165, 1.54) is 5.57 Å². The molecule has 0 saturated heterocycles. The number of aliphatic carboxylic acids is 2. The number of hydrogen-bond donors (Lipinski definition) is 3. The van der Waals surface area contributed by atoms with E-state index < -0.39 is 25.2 Å². The summed E-state index contributed by atoms with van der Waals surface area (Å²) < 4.78 is 4.16. The SMILES string of the molecule is C[C@]12CC[C@H]3[C@@H](CCC4=CC(=O)CC[C@@]43CO)[C@@H]1CCC2=O.O=C(O)COCC(=O)O. The average molecular weight is 437 g/mol. The van der Waals surface area contributed by atoms with Crippen LogP contribution in [0.2, 0.25) is 0 Å². The Morgan fingerprint density at radius 3 is 2.29 bits per heavy atom. The second-order valence-corrected chi connectivity index (χ2v) is 9.56. The van der Waals surface area contributed by atoms with Crippen LogP contribution in [-0.4, -0.2) is 58.6 Å². The molecule has 3 N–H and O–H groups in total. The molecule has 0 bridgehead atoms. The van der Waals surface area contributed by atoms with Crippen LogP contribution in [0.4, 0.5) is 0 Å². The molecule has 0 radical (unpaired) electrons. The standard InChI is InChI=1S/C19H26O3.C4H6O5/c1-18-8-7-16-14(15(18)4-5-17(18)22)3-2-12-10-13(21)6-9-19(12,16)11-20;5-3(6)1-9-2-4(7)8/h10,14-16,20H,2-9,11H2,1H3;1-2H2,(H,5,6)(H,7,8)/t14-,15-,16-,18-,19+;/m0./s1. The number of ether oxygens (including phenoxy) is 1. The van der Waals surface area contributed by atoms with Crippen molar-refractivity contribution >= 4 is 23.5 Å². The highest BCUT2D eigenvalue weighted by molar-refractivity contribution is 5.91. The molecular formula is C23H32O8. The minimum atomic E-state index is -1.17. The summed E-state index contributed by atoms with van der Waals surface area (Å²) in [4.78, 5) is 43.5. The van der Waals surface area contributed by atoms with Crippen LogP contribution in [-0.2, 0) is 23.9 Å². The fourth-order valence-corrected chi connectivity index (χ4v) is 6.65. The van der Waals surface area contributed by atoms with Gasteiger partial charge in [-0.15, -0.1) is 0 Å². The number of Topliss-reactive ketones (excluding diaryl/α,β-unsaturated/α-hetero) is 1. The van der Waals surface area contributed by atoms with E-state index in [1.807, 2.05) is 6.08 Å². The Hall–Kier alpha value is -2.06. The molecule has 0 amide bonds. The highest BCUT2D eigenvalue weighted by Gasteiger charge is 2.59. The third-order valence-corrected chi connectivity index (χ3v) is 8.13. The zero-order valence-corrected chi connectivity index (χ0v) is 18.0. The van der Waals surface area contributed by atoms with Gasteiger partial charge in [-0.3, -0.25) is 9.59 Å². The fourth-order valence-electron chi connectivity index (χ4n) is 6.65. The molecule has 0 spiro atoms. The molecule has 0 heterocycles. The number of fused-ring (bicyclic) bond motifs is 5. The summed E-state index contributed by atoms with van der Waals surface area (Å²) in [5.41, 5.74) is 0.938. The molecule has 5 atom stereocenters. The van der Waals surface area contributed by atoms with Crippen molar-refractivity contribution < 1.29 is 39.2 Å². The first-order chi connectivity index (χ1) is 14.6. The molecule has 31 heavy (non-hydrogen) atoms. The number of aliphatic hydroxyl groups is 1. The van der Waals surface area contributed by atoms with Crippen LogP contribution in [0, 0.1) is 28.6 Å². The lowest BCUT2D eigenvalue weighted by Gasteiger charge is -2.57. The largest absolute Gasteiger partial charge is 0.480 e. The zero-order valence-electron chi connectivity index (χ0n) is 18.0. The molecule has 4 rings (SSSR count). The van der Waals surface area contributed by atoms with Gasteiger partial charge in [0.25, 0.3) is 0 Å². The number of carboxylic acid groups (broad SMARTS) is 2. The molecule has 0 unspecified atom stereocenters. The van der Waals surface area contributed by atoms with Crippen molar-refractivity contribution in [3.63, 3.8) is 0 Å². The molecule has 3 fully saturated rings. The first kappa shape index (κ1) is 23.6. The highest BCUT2D eigenvalue weighted by Crippen LogP contribution is 2.64. The molecule has 0 aromatic carbocycles. The van der Waals surface area contributed by atoms with Gasteiger partial charge < -0.3 is 20.1 Å². The van der Waals surface area contributed by atoms with Crippen molar-refractivity contribution in [2.75, 3.05) is 19.8 Å². The van der Waals surface area contributed by atoms with Gasteiger partial charge in [-0.05, 0) is 62.4 Å². The van der Waals surface area contributed by atoms with Crippen molar-refractivity contribution in [2.24, 2.45) is 28.6 Å². The smallest absolute Gasteiger partial charge is 0.329 e. The number of carboxylic acids is 2. The average Bonchev–Trinajstić information content (AvgIpc) is 3.02. The van der Waals surface area contributed by atoms with Crippen LogP contribution < -0.4 is 0 Å². The first-order valence-corrected chi connectivity index (χ1v) is 11.0. The highest BCUT2D eigenvalue weighted by atomic mass is 16.5. The third kappa shape index (κ3) is 4.46. The maximum atomic E-state index is 12.4. The molecule has 8 nitrogen and oxygen atoms in total. The van der Waals surface area contributed by atoms with E-state index in [9.17, 15) is 24.3 Å². The Morgan fingerprint density at radius 1 is 1.00 bits per heavy atom. The quantitative estimate of drug-likeness (QED) is 0.596. The van der Waals surface area contributed by atoms with Gasteiger partial charge in [-0.1, -0.05) is 12.5 Å². The predicted molar refractivity (Wildman–Crippen MR) is 109 cm³/mol. The summed E-state index contributed by atoms with van der Waals surface area (Å²) in [5.74, 6) is -0.116. The molecule has 172 valence electrons. The summed E-state index contributed by atoms with van der Waals surface area (Å²) in [6.07, 6.45) is 9.06. The van der Waals surface area contributed by atoms with Crippen LogP contribution >= 0.6 is 0 Å².